The number of hydrogen-bond donors (Lipinski definition) is 0. The molecule has 0 saturated carbocycles. The summed E-state index contributed by atoms with van der Waals surface area (Å²) in [5.74, 6) is -1.41. The van der Waals surface area contributed by atoms with Gasteiger partial charge >= 0.3 is 5.97 Å². The lowest BCUT2D eigenvalue weighted by atomic mass is 10.2. The number of halogens is 1. The van der Waals surface area contributed by atoms with Crippen molar-refractivity contribution in [2.75, 3.05) is 7.11 Å². The van der Waals surface area contributed by atoms with Gasteiger partial charge < -0.3 is 4.74 Å². The topological polar surface area (TPSA) is 46.6 Å². The fourth-order valence-electron chi connectivity index (χ4n) is 1.82. The van der Waals surface area contributed by atoms with Crippen molar-refractivity contribution in [3.63, 3.8) is 0 Å². The normalized spacial score (nSPS) is 18.2. The molecule has 2 rings (SSSR count). The number of hydrogen-bond acceptors (Lipinski definition) is 5. The lowest BCUT2D eigenvalue weighted by Crippen LogP contribution is -2.42. The summed E-state index contributed by atoms with van der Waals surface area (Å²) < 4.78 is 18.5. The molecule has 4 nitrogen and oxygen atoms in total. The van der Waals surface area contributed by atoms with Crippen LogP contribution in [0.15, 0.2) is 29.2 Å². The number of carbonyl (C=O) groups excluding carboxylic acids is 2. The van der Waals surface area contributed by atoms with Gasteiger partial charge in [-0.2, -0.15) is 0 Å². The maximum Gasteiger partial charge on any atom is 0.328 e. The quantitative estimate of drug-likeness (QED) is 0.486. The van der Waals surface area contributed by atoms with E-state index in [9.17, 15) is 14.0 Å². The Morgan fingerprint density at radius 3 is 2.76 bits per heavy atom. The number of thiocarbonyl (C=S) groups is 1. The summed E-state index contributed by atoms with van der Waals surface area (Å²) in [7, 11) is 1.24. The number of thioether (sulfide) groups is 1. The van der Waals surface area contributed by atoms with Crippen molar-refractivity contribution in [3.8, 4) is 0 Å². The molecule has 1 amide bonds. The molecule has 21 heavy (non-hydrogen) atoms. The Morgan fingerprint density at radius 2 is 2.14 bits per heavy atom. The van der Waals surface area contributed by atoms with Crippen LogP contribution >= 0.6 is 24.0 Å². The van der Waals surface area contributed by atoms with E-state index < -0.39 is 23.7 Å². The number of carbonyl (C=O) groups is 2. The van der Waals surface area contributed by atoms with Gasteiger partial charge in [0.2, 0.25) is 0 Å². The van der Waals surface area contributed by atoms with Gasteiger partial charge in [-0.1, -0.05) is 42.2 Å². The van der Waals surface area contributed by atoms with Crippen LogP contribution in [0.1, 0.15) is 12.5 Å². The van der Waals surface area contributed by atoms with Gasteiger partial charge in [0, 0.05) is 5.56 Å². The molecule has 0 bridgehead atoms. The Labute approximate surface area is 130 Å². The third kappa shape index (κ3) is 3.14. The largest absolute Gasteiger partial charge is 0.467 e. The Bertz CT molecular complexity index is 645. The van der Waals surface area contributed by atoms with E-state index in [1.165, 1.54) is 31.1 Å². The standard InChI is InChI=1S/C14H12FNO3S2/c1-8(13(18)19-2)16-12(17)11(21-14(16)20)7-9-5-3-4-6-10(9)15/h3-8H,1-2H3/b11-7-/t8-/m0/s1. The average Bonchev–Trinajstić information content (AvgIpc) is 2.74. The summed E-state index contributed by atoms with van der Waals surface area (Å²) >= 11 is 6.15. The number of nitrogens with zero attached hydrogens (tertiary/aromatic N) is 1. The third-order valence-electron chi connectivity index (χ3n) is 2.94. The second kappa shape index (κ2) is 6.36. The van der Waals surface area contributed by atoms with E-state index in [0.717, 1.165) is 11.8 Å². The highest BCUT2D eigenvalue weighted by atomic mass is 32.2. The van der Waals surface area contributed by atoms with Gasteiger partial charge in [-0.05, 0) is 19.1 Å². The zero-order valence-electron chi connectivity index (χ0n) is 11.3. The van der Waals surface area contributed by atoms with E-state index in [4.69, 9.17) is 12.2 Å². The van der Waals surface area contributed by atoms with Gasteiger partial charge in [-0.15, -0.1) is 0 Å². The summed E-state index contributed by atoms with van der Waals surface area (Å²) in [6.07, 6.45) is 1.43. The van der Waals surface area contributed by atoms with Gasteiger partial charge in [0.05, 0.1) is 12.0 Å². The van der Waals surface area contributed by atoms with E-state index in [2.05, 4.69) is 4.74 Å². The molecule has 1 aliphatic heterocycles. The number of ether oxygens (including phenoxy) is 1. The molecule has 0 spiro atoms. The first-order valence-electron chi connectivity index (χ1n) is 6.05. The molecule has 0 radical (unpaired) electrons. The second-order valence-corrected chi connectivity index (χ2v) is 5.95. The van der Waals surface area contributed by atoms with E-state index in [1.807, 2.05) is 0 Å². The first kappa shape index (κ1) is 15.7. The molecular formula is C14H12FNO3S2. The second-order valence-electron chi connectivity index (χ2n) is 4.27. The summed E-state index contributed by atoms with van der Waals surface area (Å²) in [6.45, 7) is 1.53. The fourth-order valence-corrected chi connectivity index (χ4v) is 3.23. The highest BCUT2D eigenvalue weighted by Crippen LogP contribution is 2.34. The lowest BCUT2D eigenvalue weighted by molar-refractivity contribution is -0.147. The highest BCUT2D eigenvalue weighted by Gasteiger charge is 2.38. The molecule has 0 N–H and O–H groups in total. The van der Waals surface area contributed by atoms with E-state index >= 15 is 0 Å². The highest BCUT2D eigenvalue weighted by molar-refractivity contribution is 8.26. The van der Waals surface area contributed by atoms with Crippen molar-refractivity contribution in [1.82, 2.24) is 4.90 Å². The summed E-state index contributed by atoms with van der Waals surface area (Å²) in [4.78, 5) is 25.3. The van der Waals surface area contributed by atoms with Crippen LogP contribution in [0.3, 0.4) is 0 Å². The number of amides is 1. The molecule has 1 atom stereocenters. The lowest BCUT2D eigenvalue weighted by Gasteiger charge is -2.20. The van der Waals surface area contributed by atoms with Crippen LogP contribution in [0, 0.1) is 5.82 Å². The monoisotopic (exact) mass is 325 g/mol. The minimum Gasteiger partial charge on any atom is -0.467 e. The van der Waals surface area contributed by atoms with Gasteiger partial charge in [0.1, 0.15) is 16.2 Å². The average molecular weight is 325 g/mol. The van der Waals surface area contributed by atoms with Gasteiger partial charge in [0.15, 0.2) is 0 Å². The Morgan fingerprint density at radius 1 is 1.48 bits per heavy atom. The zero-order valence-corrected chi connectivity index (χ0v) is 13.0. The molecule has 1 fully saturated rings. The Kier molecular flexibility index (Phi) is 4.74. The molecule has 1 heterocycles. The smallest absolute Gasteiger partial charge is 0.328 e. The van der Waals surface area contributed by atoms with Crippen LogP contribution < -0.4 is 0 Å². The summed E-state index contributed by atoms with van der Waals surface area (Å²) in [6, 6.07) is 5.30. The minimum absolute atomic E-state index is 0.250. The molecule has 110 valence electrons. The molecular weight excluding hydrogens is 313 g/mol. The minimum atomic E-state index is -0.811. The van der Waals surface area contributed by atoms with E-state index in [0.29, 0.717) is 5.56 Å². The van der Waals surface area contributed by atoms with E-state index in [-0.39, 0.29) is 9.23 Å². The maximum atomic E-state index is 13.6. The van der Waals surface area contributed by atoms with Gasteiger partial charge in [-0.25, -0.2) is 9.18 Å². The van der Waals surface area contributed by atoms with Crippen molar-refractivity contribution in [2.24, 2.45) is 0 Å². The number of methoxy groups -OCH3 is 1. The number of rotatable bonds is 3. The predicted octanol–water partition coefficient (Wildman–Crippen LogP) is 2.59. The first-order chi connectivity index (χ1) is 9.95. The Hall–Kier alpha value is -1.73. The zero-order chi connectivity index (χ0) is 15.6. The van der Waals surface area contributed by atoms with Crippen LogP contribution in [0.25, 0.3) is 6.08 Å². The summed E-state index contributed by atoms with van der Waals surface area (Å²) in [5.41, 5.74) is 0.295. The van der Waals surface area contributed by atoms with Crippen LogP contribution in [0.5, 0.6) is 0 Å². The Balaban J connectivity index is 2.30. The summed E-state index contributed by atoms with van der Waals surface area (Å²) in [5, 5.41) is 0. The molecule has 1 saturated heterocycles. The van der Waals surface area contributed by atoms with Crippen molar-refractivity contribution < 1.29 is 18.7 Å². The molecule has 1 aromatic carbocycles. The molecule has 0 unspecified atom stereocenters. The van der Waals surface area contributed by atoms with Crippen LogP contribution in [-0.2, 0) is 14.3 Å². The van der Waals surface area contributed by atoms with Crippen LogP contribution in [0.4, 0.5) is 4.39 Å². The van der Waals surface area contributed by atoms with Crippen molar-refractivity contribution >= 4 is 46.3 Å². The van der Waals surface area contributed by atoms with Crippen LogP contribution in [-0.4, -0.2) is 34.2 Å². The molecule has 0 aliphatic carbocycles. The number of benzene rings is 1. The van der Waals surface area contributed by atoms with E-state index in [1.54, 1.807) is 18.2 Å². The van der Waals surface area contributed by atoms with Crippen molar-refractivity contribution in [1.29, 1.82) is 0 Å². The van der Waals surface area contributed by atoms with Crippen molar-refractivity contribution in [3.05, 3.63) is 40.6 Å². The van der Waals surface area contributed by atoms with Crippen LogP contribution in [0.2, 0.25) is 0 Å². The molecule has 7 heteroatoms. The van der Waals surface area contributed by atoms with Gasteiger partial charge in [0.25, 0.3) is 5.91 Å². The molecule has 0 aromatic heterocycles. The first-order valence-corrected chi connectivity index (χ1v) is 7.27. The molecule has 1 aliphatic rings. The predicted molar refractivity (Wildman–Crippen MR) is 82.9 cm³/mol. The maximum absolute atomic E-state index is 13.6. The third-order valence-corrected chi connectivity index (χ3v) is 4.28. The fraction of sp³-hybridized carbons (Fsp3) is 0.214. The molecule has 1 aromatic rings. The SMILES string of the molecule is COC(=O)[C@H](C)N1C(=O)/C(=C/c2ccccc2F)SC1=S. The van der Waals surface area contributed by atoms with Gasteiger partial charge in [-0.3, -0.25) is 9.69 Å². The van der Waals surface area contributed by atoms with Crippen molar-refractivity contribution in [2.45, 2.75) is 13.0 Å². The number of esters is 1.